The molecule has 0 unspecified atom stereocenters. The summed E-state index contributed by atoms with van der Waals surface area (Å²) in [6.07, 6.45) is 2.99. The third-order valence-corrected chi connectivity index (χ3v) is 3.06. The molecule has 0 bridgehead atoms. The Hall–Kier alpha value is -2.74. The summed E-state index contributed by atoms with van der Waals surface area (Å²) in [6, 6.07) is 9.17. The molecule has 20 heavy (non-hydrogen) atoms. The largest absolute Gasteiger partial charge is 0.331 e. The summed E-state index contributed by atoms with van der Waals surface area (Å²) >= 11 is 1.13. The zero-order valence-electron chi connectivity index (χ0n) is 10.2. The standard InChI is InChI=1S/C12H10N6OS/c19-11(15-9-6-13-7-14-9)17-12-16-10(18-20-12)8-4-2-1-3-5-8/h1-7H,(H,13,14)(H2,15,16,17,18,19). The van der Waals surface area contributed by atoms with Gasteiger partial charge in [-0.3, -0.25) is 10.6 Å². The van der Waals surface area contributed by atoms with Crippen LogP contribution in [0.25, 0.3) is 11.4 Å². The number of nitrogens with one attached hydrogen (secondary N) is 3. The van der Waals surface area contributed by atoms with Gasteiger partial charge in [0.05, 0.1) is 12.5 Å². The third-order valence-electron chi connectivity index (χ3n) is 2.42. The van der Waals surface area contributed by atoms with E-state index in [1.807, 2.05) is 30.3 Å². The van der Waals surface area contributed by atoms with Crippen molar-refractivity contribution in [2.45, 2.75) is 0 Å². The Balaban J connectivity index is 1.67. The van der Waals surface area contributed by atoms with E-state index < -0.39 is 6.03 Å². The number of urea groups is 1. The smallest absolute Gasteiger partial charge is 0.326 e. The summed E-state index contributed by atoms with van der Waals surface area (Å²) in [5, 5.41) is 5.64. The van der Waals surface area contributed by atoms with Gasteiger partial charge in [0.1, 0.15) is 5.82 Å². The molecule has 2 amide bonds. The highest BCUT2D eigenvalue weighted by atomic mass is 32.1. The Bertz CT molecular complexity index is 694. The van der Waals surface area contributed by atoms with Gasteiger partial charge in [-0.1, -0.05) is 30.3 Å². The fraction of sp³-hybridized carbons (Fsp3) is 0. The lowest BCUT2D eigenvalue weighted by atomic mass is 10.2. The van der Waals surface area contributed by atoms with Gasteiger partial charge in [-0.2, -0.15) is 9.36 Å². The molecule has 3 aromatic rings. The summed E-state index contributed by atoms with van der Waals surface area (Å²) < 4.78 is 4.20. The molecule has 0 radical (unpaired) electrons. The molecule has 0 fully saturated rings. The van der Waals surface area contributed by atoms with Gasteiger partial charge in [-0.25, -0.2) is 9.78 Å². The number of rotatable bonds is 3. The summed E-state index contributed by atoms with van der Waals surface area (Å²) in [5.41, 5.74) is 0.908. The van der Waals surface area contributed by atoms with Crippen molar-refractivity contribution in [3.8, 4) is 11.4 Å². The number of aromatic amines is 1. The number of hydrogen-bond donors (Lipinski definition) is 3. The lowest BCUT2D eigenvalue weighted by molar-refractivity contribution is 0.262. The van der Waals surface area contributed by atoms with Crippen molar-refractivity contribution >= 4 is 28.5 Å². The number of nitrogens with zero attached hydrogens (tertiary/aromatic N) is 3. The Morgan fingerprint density at radius 2 is 2.05 bits per heavy atom. The van der Waals surface area contributed by atoms with Crippen molar-refractivity contribution in [2.75, 3.05) is 10.6 Å². The van der Waals surface area contributed by atoms with Crippen molar-refractivity contribution in [2.24, 2.45) is 0 Å². The molecule has 0 aliphatic heterocycles. The van der Waals surface area contributed by atoms with E-state index in [4.69, 9.17) is 0 Å². The molecular formula is C12H10N6OS. The molecule has 7 nitrogen and oxygen atoms in total. The molecule has 0 aliphatic carbocycles. The summed E-state index contributed by atoms with van der Waals surface area (Å²) in [7, 11) is 0. The van der Waals surface area contributed by atoms with Gasteiger partial charge in [-0.05, 0) is 0 Å². The molecule has 100 valence electrons. The first kappa shape index (κ1) is 12.3. The van der Waals surface area contributed by atoms with E-state index in [9.17, 15) is 4.79 Å². The van der Waals surface area contributed by atoms with Crippen LogP contribution >= 0.6 is 11.5 Å². The number of amides is 2. The zero-order chi connectivity index (χ0) is 13.8. The van der Waals surface area contributed by atoms with Crippen LogP contribution in [0.2, 0.25) is 0 Å². The molecule has 2 heterocycles. The van der Waals surface area contributed by atoms with Gasteiger partial charge >= 0.3 is 6.03 Å². The first-order valence-electron chi connectivity index (χ1n) is 5.77. The summed E-state index contributed by atoms with van der Waals surface area (Å²) in [6.45, 7) is 0. The topological polar surface area (TPSA) is 95.6 Å². The Kier molecular flexibility index (Phi) is 3.38. The average molecular weight is 286 g/mol. The van der Waals surface area contributed by atoms with Crippen LogP contribution in [0.1, 0.15) is 0 Å². The Labute approximate surface area is 118 Å². The van der Waals surface area contributed by atoms with E-state index in [0.29, 0.717) is 16.8 Å². The van der Waals surface area contributed by atoms with Crippen molar-refractivity contribution in [1.29, 1.82) is 0 Å². The van der Waals surface area contributed by atoms with Crippen LogP contribution in [0.5, 0.6) is 0 Å². The quantitative estimate of drug-likeness (QED) is 0.689. The van der Waals surface area contributed by atoms with E-state index in [1.165, 1.54) is 12.5 Å². The van der Waals surface area contributed by atoms with Crippen molar-refractivity contribution in [3.63, 3.8) is 0 Å². The molecule has 8 heteroatoms. The van der Waals surface area contributed by atoms with Crippen LogP contribution in [-0.2, 0) is 0 Å². The van der Waals surface area contributed by atoms with E-state index in [2.05, 4.69) is 30.0 Å². The second-order valence-electron chi connectivity index (χ2n) is 3.83. The maximum absolute atomic E-state index is 11.7. The number of hydrogen-bond acceptors (Lipinski definition) is 5. The van der Waals surface area contributed by atoms with E-state index >= 15 is 0 Å². The molecule has 0 atom stereocenters. The van der Waals surface area contributed by atoms with Crippen molar-refractivity contribution in [1.82, 2.24) is 19.3 Å². The maximum atomic E-state index is 11.7. The number of carbonyl (C=O) groups is 1. The number of benzene rings is 1. The predicted molar refractivity (Wildman–Crippen MR) is 76.6 cm³/mol. The Morgan fingerprint density at radius 1 is 1.20 bits per heavy atom. The predicted octanol–water partition coefficient (Wildman–Crippen LogP) is 2.57. The lowest BCUT2D eigenvalue weighted by Gasteiger charge is -2.01. The zero-order valence-corrected chi connectivity index (χ0v) is 11.0. The summed E-state index contributed by atoms with van der Waals surface area (Å²) in [5.74, 6) is 1.10. The van der Waals surface area contributed by atoms with Gasteiger partial charge in [-0.15, -0.1) is 0 Å². The minimum absolute atomic E-state index is 0.398. The SMILES string of the molecule is O=C(Nc1cnc[nH]1)Nc1nc(-c2ccccc2)ns1. The highest BCUT2D eigenvalue weighted by Gasteiger charge is 2.09. The minimum Gasteiger partial charge on any atom is -0.331 e. The van der Waals surface area contributed by atoms with Gasteiger partial charge in [0.25, 0.3) is 0 Å². The highest BCUT2D eigenvalue weighted by molar-refractivity contribution is 7.10. The summed E-state index contributed by atoms with van der Waals surface area (Å²) in [4.78, 5) is 22.5. The van der Waals surface area contributed by atoms with E-state index in [0.717, 1.165) is 17.1 Å². The van der Waals surface area contributed by atoms with Crippen molar-refractivity contribution in [3.05, 3.63) is 42.9 Å². The normalized spacial score (nSPS) is 10.2. The minimum atomic E-state index is -0.398. The monoisotopic (exact) mass is 286 g/mol. The van der Waals surface area contributed by atoms with Crippen LogP contribution in [-0.4, -0.2) is 25.4 Å². The second kappa shape index (κ2) is 5.49. The van der Waals surface area contributed by atoms with Crippen LogP contribution in [0, 0.1) is 0 Å². The molecule has 2 aromatic heterocycles. The maximum Gasteiger partial charge on any atom is 0.326 e. The van der Waals surface area contributed by atoms with Gasteiger partial charge in [0, 0.05) is 17.1 Å². The molecule has 3 rings (SSSR count). The first-order valence-corrected chi connectivity index (χ1v) is 6.54. The number of carbonyl (C=O) groups excluding carboxylic acids is 1. The number of aromatic nitrogens is 4. The number of anilines is 2. The Morgan fingerprint density at radius 3 is 2.80 bits per heavy atom. The molecule has 3 N–H and O–H groups in total. The fourth-order valence-electron chi connectivity index (χ4n) is 1.55. The average Bonchev–Trinajstić information content (AvgIpc) is 3.11. The molecule has 0 aliphatic rings. The number of H-pyrrole nitrogens is 1. The third kappa shape index (κ3) is 2.81. The van der Waals surface area contributed by atoms with Crippen LogP contribution in [0.3, 0.4) is 0 Å². The van der Waals surface area contributed by atoms with Gasteiger partial charge in [0.15, 0.2) is 5.82 Å². The molecule has 0 saturated carbocycles. The fourth-order valence-corrected chi connectivity index (χ4v) is 2.14. The molecule has 0 saturated heterocycles. The second-order valence-corrected chi connectivity index (χ2v) is 4.59. The first-order chi connectivity index (χ1) is 9.81. The van der Waals surface area contributed by atoms with Crippen LogP contribution < -0.4 is 10.6 Å². The van der Waals surface area contributed by atoms with E-state index in [-0.39, 0.29) is 0 Å². The van der Waals surface area contributed by atoms with Crippen LogP contribution in [0.15, 0.2) is 42.9 Å². The lowest BCUT2D eigenvalue weighted by Crippen LogP contribution is -2.19. The van der Waals surface area contributed by atoms with Gasteiger partial charge in [0.2, 0.25) is 5.13 Å². The molecule has 0 spiro atoms. The van der Waals surface area contributed by atoms with Gasteiger partial charge < -0.3 is 4.98 Å². The van der Waals surface area contributed by atoms with Crippen LogP contribution in [0.4, 0.5) is 15.7 Å². The molecule has 1 aromatic carbocycles. The van der Waals surface area contributed by atoms with Crippen molar-refractivity contribution < 1.29 is 4.79 Å². The number of imidazole rings is 1. The highest BCUT2D eigenvalue weighted by Crippen LogP contribution is 2.20. The van der Waals surface area contributed by atoms with E-state index in [1.54, 1.807) is 0 Å². The molecular weight excluding hydrogens is 276 g/mol.